The Kier molecular flexibility index (Phi) is 7.02. The summed E-state index contributed by atoms with van der Waals surface area (Å²) in [5, 5.41) is 6.81. The largest absolute Gasteiger partial charge is 0.326 e. The van der Waals surface area contributed by atoms with Crippen LogP contribution in [-0.2, 0) is 4.79 Å². The summed E-state index contributed by atoms with van der Waals surface area (Å²) in [5.74, 6) is -1.88. The molecule has 2 atom stereocenters. The van der Waals surface area contributed by atoms with Crippen LogP contribution in [0.25, 0.3) is 0 Å². The molecule has 1 aliphatic rings. The number of anilines is 2. The number of carbonyl (C=O) groups excluding carboxylic acids is 2. The number of benzene rings is 2. The zero-order valence-corrected chi connectivity index (χ0v) is 20.9. The fraction of sp³-hybridized carbons (Fsp3) is 0.136. The monoisotopic (exact) mass is 561 g/mol. The zero-order chi connectivity index (χ0) is 23.9. The smallest absolute Gasteiger partial charge is 0.258 e. The average molecular weight is 564 g/mol. The van der Waals surface area contributed by atoms with Crippen LogP contribution < -0.4 is 10.6 Å². The van der Waals surface area contributed by atoms with Gasteiger partial charge in [-0.3, -0.25) is 9.59 Å². The van der Waals surface area contributed by atoms with Gasteiger partial charge < -0.3 is 10.6 Å². The van der Waals surface area contributed by atoms with Crippen molar-refractivity contribution in [2.45, 2.75) is 10.3 Å². The molecule has 11 heteroatoms. The molecule has 0 spiro atoms. The molecule has 0 bridgehead atoms. The molecule has 3 aromatic rings. The van der Waals surface area contributed by atoms with Crippen molar-refractivity contribution >= 4 is 92.9 Å². The van der Waals surface area contributed by atoms with Crippen molar-refractivity contribution in [2.75, 3.05) is 10.6 Å². The number of rotatable bonds is 5. The SMILES string of the molecule is O=C(Nc1ccc(Cl)cn1)c1cc(NC(=O)[C@@H]2[C@@H](c3cc(Cl)cc(Cl)c3)C2(Cl)Cl)ccc1Cl. The van der Waals surface area contributed by atoms with Gasteiger partial charge in [-0.2, -0.15) is 0 Å². The topological polar surface area (TPSA) is 71.1 Å². The van der Waals surface area contributed by atoms with Crippen molar-refractivity contribution in [1.29, 1.82) is 0 Å². The lowest BCUT2D eigenvalue weighted by Crippen LogP contribution is -2.18. The minimum atomic E-state index is -1.33. The first-order chi connectivity index (χ1) is 15.6. The quantitative estimate of drug-likeness (QED) is 0.316. The number of pyridine rings is 1. The number of aromatic nitrogens is 1. The predicted molar refractivity (Wildman–Crippen MR) is 134 cm³/mol. The van der Waals surface area contributed by atoms with E-state index in [1.807, 2.05) is 0 Å². The van der Waals surface area contributed by atoms with Gasteiger partial charge in [0.05, 0.1) is 21.5 Å². The highest BCUT2D eigenvalue weighted by atomic mass is 35.5. The Hall–Kier alpha value is -1.73. The maximum absolute atomic E-state index is 12.9. The van der Waals surface area contributed by atoms with Crippen LogP contribution in [0.5, 0.6) is 0 Å². The average Bonchev–Trinajstić information content (AvgIpc) is 3.32. The molecule has 0 saturated heterocycles. The van der Waals surface area contributed by atoms with Gasteiger partial charge >= 0.3 is 0 Å². The standard InChI is InChI=1S/C22H13Cl6N3O2/c23-11-1-4-17(29-9-11)31-20(32)15-8-14(2-3-16(15)26)30-21(33)19-18(22(19,27)28)10-5-12(24)7-13(25)6-10/h1-9,18-19H,(H,30,33)(H,29,31,32)/t18-,19+/m1/s1. The second-order valence-corrected chi connectivity index (χ2v) is 10.5. The second-order valence-electron chi connectivity index (χ2n) is 7.33. The van der Waals surface area contributed by atoms with E-state index in [-0.39, 0.29) is 10.6 Å². The highest BCUT2D eigenvalue weighted by Gasteiger charge is 2.67. The summed E-state index contributed by atoms with van der Waals surface area (Å²) in [4.78, 5) is 29.6. The first kappa shape index (κ1) is 24.4. The summed E-state index contributed by atoms with van der Waals surface area (Å²) in [6.45, 7) is 0. The molecule has 0 radical (unpaired) electrons. The summed E-state index contributed by atoms with van der Waals surface area (Å²) in [6.07, 6.45) is 1.40. The van der Waals surface area contributed by atoms with E-state index in [1.165, 1.54) is 18.3 Å². The predicted octanol–water partition coefficient (Wildman–Crippen LogP) is 7.47. The molecule has 2 aromatic carbocycles. The van der Waals surface area contributed by atoms with Gasteiger partial charge in [-0.15, -0.1) is 23.2 Å². The molecule has 33 heavy (non-hydrogen) atoms. The third kappa shape index (κ3) is 5.35. The molecule has 2 N–H and O–H groups in total. The van der Waals surface area contributed by atoms with Gasteiger partial charge in [0.2, 0.25) is 5.91 Å². The number of hydrogen-bond donors (Lipinski definition) is 2. The number of hydrogen-bond acceptors (Lipinski definition) is 3. The van der Waals surface area contributed by atoms with Crippen molar-refractivity contribution in [3.8, 4) is 0 Å². The molecule has 2 amide bonds. The number of amides is 2. The Morgan fingerprint density at radius 3 is 2.18 bits per heavy atom. The van der Waals surface area contributed by atoms with Gasteiger partial charge in [0.25, 0.3) is 5.91 Å². The molecular weight excluding hydrogens is 551 g/mol. The van der Waals surface area contributed by atoms with Crippen LogP contribution in [0.2, 0.25) is 20.1 Å². The fourth-order valence-electron chi connectivity index (χ4n) is 3.45. The normalized spacial score (nSPS) is 18.5. The minimum absolute atomic E-state index is 0.142. The van der Waals surface area contributed by atoms with Gasteiger partial charge in [0.1, 0.15) is 10.2 Å². The highest BCUT2D eigenvalue weighted by molar-refractivity contribution is 6.53. The number of nitrogens with zero attached hydrogens (tertiary/aromatic N) is 1. The lowest BCUT2D eigenvalue weighted by atomic mass is 10.1. The van der Waals surface area contributed by atoms with Crippen molar-refractivity contribution in [3.63, 3.8) is 0 Å². The van der Waals surface area contributed by atoms with Crippen LogP contribution >= 0.6 is 69.6 Å². The van der Waals surface area contributed by atoms with Gasteiger partial charge in [0, 0.05) is 27.8 Å². The molecule has 1 fully saturated rings. The fourth-order valence-corrected chi connectivity index (χ4v) is 5.14. The molecule has 1 aromatic heterocycles. The summed E-state index contributed by atoms with van der Waals surface area (Å²) < 4.78 is -1.33. The lowest BCUT2D eigenvalue weighted by Gasteiger charge is -2.10. The van der Waals surface area contributed by atoms with Gasteiger partial charge in [-0.05, 0) is 54.1 Å². The molecule has 0 aliphatic heterocycles. The Balaban J connectivity index is 1.50. The number of carbonyl (C=O) groups is 2. The molecular formula is C22H13Cl6N3O2. The van der Waals surface area contributed by atoms with Crippen LogP contribution in [0.3, 0.4) is 0 Å². The van der Waals surface area contributed by atoms with Crippen molar-refractivity contribution in [2.24, 2.45) is 5.92 Å². The third-order valence-electron chi connectivity index (χ3n) is 5.03. The number of nitrogens with one attached hydrogen (secondary N) is 2. The molecule has 4 rings (SSSR count). The maximum atomic E-state index is 12.9. The molecule has 1 saturated carbocycles. The highest BCUT2D eigenvalue weighted by Crippen LogP contribution is 2.65. The van der Waals surface area contributed by atoms with Crippen LogP contribution in [0.4, 0.5) is 11.5 Å². The Morgan fingerprint density at radius 2 is 1.55 bits per heavy atom. The van der Waals surface area contributed by atoms with E-state index < -0.39 is 28.0 Å². The lowest BCUT2D eigenvalue weighted by molar-refractivity contribution is -0.117. The first-order valence-electron chi connectivity index (χ1n) is 9.43. The van der Waals surface area contributed by atoms with Crippen molar-refractivity contribution < 1.29 is 9.59 Å². The number of alkyl halides is 2. The molecule has 0 unspecified atom stereocenters. The maximum Gasteiger partial charge on any atom is 0.258 e. The second kappa shape index (κ2) is 9.49. The van der Waals surface area contributed by atoms with E-state index >= 15 is 0 Å². The van der Waals surface area contributed by atoms with E-state index in [0.717, 1.165) is 0 Å². The van der Waals surface area contributed by atoms with Gasteiger partial charge in [-0.25, -0.2) is 4.98 Å². The minimum Gasteiger partial charge on any atom is -0.326 e. The Morgan fingerprint density at radius 1 is 0.848 bits per heavy atom. The van der Waals surface area contributed by atoms with Crippen LogP contribution in [-0.4, -0.2) is 21.1 Å². The van der Waals surface area contributed by atoms with E-state index in [0.29, 0.717) is 32.1 Å². The van der Waals surface area contributed by atoms with E-state index in [9.17, 15) is 9.59 Å². The van der Waals surface area contributed by atoms with E-state index in [1.54, 1.807) is 36.4 Å². The van der Waals surface area contributed by atoms with E-state index in [2.05, 4.69) is 15.6 Å². The zero-order valence-electron chi connectivity index (χ0n) is 16.4. The van der Waals surface area contributed by atoms with Crippen LogP contribution in [0, 0.1) is 5.92 Å². The molecule has 1 heterocycles. The Labute approximate surface area is 219 Å². The summed E-state index contributed by atoms with van der Waals surface area (Å²) in [6, 6.07) is 12.6. The van der Waals surface area contributed by atoms with Gasteiger partial charge in [0.15, 0.2) is 0 Å². The third-order valence-corrected chi connectivity index (χ3v) is 6.96. The van der Waals surface area contributed by atoms with Crippen molar-refractivity contribution in [3.05, 3.63) is 85.9 Å². The molecule has 170 valence electrons. The van der Waals surface area contributed by atoms with E-state index in [4.69, 9.17) is 69.6 Å². The van der Waals surface area contributed by atoms with Crippen LogP contribution in [0.1, 0.15) is 21.8 Å². The molecule has 5 nitrogen and oxygen atoms in total. The van der Waals surface area contributed by atoms with Crippen molar-refractivity contribution in [1.82, 2.24) is 4.98 Å². The summed E-state index contributed by atoms with van der Waals surface area (Å²) in [7, 11) is 0. The number of halogens is 6. The summed E-state index contributed by atoms with van der Waals surface area (Å²) >= 11 is 36.9. The molecule has 1 aliphatic carbocycles. The van der Waals surface area contributed by atoms with Gasteiger partial charge in [-0.1, -0.05) is 46.4 Å². The van der Waals surface area contributed by atoms with Crippen LogP contribution in [0.15, 0.2) is 54.7 Å². The Bertz CT molecular complexity index is 1230. The first-order valence-corrected chi connectivity index (χ1v) is 11.7. The summed E-state index contributed by atoms with van der Waals surface area (Å²) in [5.41, 5.74) is 1.14.